The van der Waals surface area contributed by atoms with Crippen molar-refractivity contribution < 1.29 is 17.4 Å². The van der Waals surface area contributed by atoms with Gasteiger partial charge in [0, 0.05) is 42.0 Å². The van der Waals surface area contributed by atoms with Crippen LogP contribution in [-0.2, 0) is 19.5 Å². The molecule has 48 heavy (non-hydrogen) atoms. The number of nitrogens with zero attached hydrogens (tertiary/aromatic N) is 5. The summed E-state index contributed by atoms with van der Waals surface area (Å²) >= 11 is 1.36. The first-order valence-electron chi connectivity index (χ1n) is 17.9. The van der Waals surface area contributed by atoms with Gasteiger partial charge in [0.25, 0.3) is 5.91 Å². The predicted octanol–water partition coefficient (Wildman–Crippen LogP) is 7.59. The Hall–Kier alpha value is -4.57. The average Bonchev–Trinajstić information content (AvgIpc) is 3.65. The summed E-state index contributed by atoms with van der Waals surface area (Å²) in [5, 5.41) is 18.5. The standard InChI is InChI=1S/C38H38N6O3S/c1-22-29(19-39-44(22)21-38-16-23-13-24(17-38)15-25(14-23)18-38)27-9-10-33(41-34(27)36(46)47)43-12-11-26-5-4-6-28(30(26)20-43)35(45)42-37-40-31-7-2-3-8-32(31)48-37/h2-10,19,23-25H,11-18,20-21H2,1H3,(H,46,47)(H,40,42,45)/i20D2. The van der Waals surface area contributed by atoms with Gasteiger partial charge in [-0.1, -0.05) is 35.6 Å². The van der Waals surface area contributed by atoms with Crippen molar-refractivity contribution in [1.29, 1.82) is 0 Å². The van der Waals surface area contributed by atoms with Crippen LogP contribution >= 0.6 is 11.3 Å². The Kier molecular flexibility index (Phi) is 6.42. The summed E-state index contributed by atoms with van der Waals surface area (Å²) < 4.78 is 21.7. The Bertz CT molecular complexity index is 2130. The molecule has 1 amide bonds. The van der Waals surface area contributed by atoms with Crippen molar-refractivity contribution in [3.05, 3.63) is 88.9 Å². The predicted molar refractivity (Wildman–Crippen MR) is 187 cm³/mol. The molecule has 2 aromatic carbocycles. The Balaban J connectivity index is 1.01. The molecule has 0 atom stereocenters. The second-order valence-electron chi connectivity index (χ2n) is 14.4. The van der Waals surface area contributed by atoms with Gasteiger partial charge in [0.2, 0.25) is 0 Å². The summed E-state index contributed by atoms with van der Waals surface area (Å²) in [6, 6.07) is 16.2. The fourth-order valence-electron chi connectivity index (χ4n) is 9.47. The zero-order chi connectivity index (χ0) is 34.4. The Morgan fingerprint density at radius 1 is 1.00 bits per heavy atom. The van der Waals surface area contributed by atoms with Gasteiger partial charge in [-0.2, -0.15) is 5.10 Å². The number of thiazole rings is 1. The molecular formula is C38H38N6O3S. The fourth-order valence-corrected chi connectivity index (χ4v) is 10.3. The molecule has 4 aliphatic carbocycles. The molecule has 5 aliphatic rings. The minimum atomic E-state index is -2.15. The van der Waals surface area contributed by atoms with Crippen LogP contribution in [0.5, 0.6) is 0 Å². The van der Waals surface area contributed by atoms with E-state index in [4.69, 9.17) is 5.10 Å². The number of carbonyl (C=O) groups excluding carboxylic acids is 1. The topological polar surface area (TPSA) is 113 Å². The fraction of sp³-hybridized carbons (Fsp3) is 0.395. The highest BCUT2D eigenvalue weighted by Gasteiger charge is 2.51. The third-order valence-corrected chi connectivity index (χ3v) is 12.1. The molecule has 4 fully saturated rings. The molecule has 3 aromatic heterocycles. The molecule has 244 valence electrons. The van der Waals surface area contributed by atoms with Crippen molar-refractivity contribution in [1.82, 2.24) is 19.7 Å². The molecule has 9 nitrogen and oxygen atoms in total. The van der Waals surface area contributed by atoms with E-state index in [1.54, 1.807) is 30.5 Å². The first kappa shape index (κ1) is 27.4. The third-order valence-electron chi connectivity index (χ3n) is 11.2. The highest BCUT2D eigenvalue weighted by Crippen LogP contribution is 2.60. The lowest BCUT2D eigenvalue weighted by atomic mass is 9.49. The van der Waals surface area contributed by atoms with Crippen LogP contribution in [0.1, 0.15) is 78.9 Å². The normalized spacial score (nSPS) is 25.9. The maximum Gasteiger partial charge on any atom is 0.355 e. The van der Waals surface area contributed by atoms with Crippen molar-refractivity contribution in [2.24, 2.45) is 23.2 Å². The second-order valence-corrected chi connectivity index (χ2v) is 15.4. The van der Waals surface area contributed by atoms with Gasteiger partial charge in [-0.15, -0.1) is 0 Å². The van der Waals surface area contributed by atoms with Gasteiger partial charge in [0.15, 0.2) is 10.8 Å². The van der Waals surface area contributed by atoms with E-state index < -0.39 is 18.4 Å². The van der Waals surface area contributed by atoms with Crippen molar-refractivity contribution in [2.75, 3.05) is 16.8 Å². The zero-order valence-electron chi connectivity index (χ0n) is 28.8. The van der Waals surface area contributed by atoms with Gasteiger partial charge in [-0.3, -0.25) is 14.8 Å². The van der Waals surface area contributed by atoms with E-state index >= 15 is 0 Å². The van der Waals surface area contributed by atoms with Crippen molar-refractivity contribution >= 4 is 44.4 Å². The Morgan fingerprint density at radius 2 is 1.77 bits per heavy atom. The SMILES string of the molecule is [2H]C1([2H])c2c(cccc2C(=O)Nc2nc3ccccc3s2)CCN1c1ccc(-c2cnn(CC34CC5CC(CC(C5)C3)C4)c2C)c(C(=O)O)n1. The lowest BCUT2D eigenvalue weighted by Crippen LogP contribution is -2.48. The number of fused-ring (bicyclic) bond motifs is 2. The molecule has 4 bridgehead atoms. The molecule has 10 heteroatoms. The second kappa shape index (κ2) is 11.3. The highest BCUT2D eigenvalue weighted by molar-refractivity contribution is 7.22. The number of anilines is 2. The summed E-state index contributed by atoms with van der Waals surface area (Å²) in [5.74, 6) is 1.05. The monoisotopic (exact) mass is 660 g/mol. The molecule has 0 spiro atoms. The lowest BCUT2D eigenvalue weighted by molar-refractivity contribution is -0.0638. The number of aromatic carboxylic acids is 1. The number of carboxylic acids is 1. The molecule has 0 unspecified atom stereocenters. The van der Waals surface area contributed by atoms with Crippen LogP contribution in [0.25, 0.3) is 21.3 Å². The summed E-state index contributed by atoms with van der Waals surface area (Å²) in [6.07, 6.45) is 10.1. The van der Waals surface area contributed by atoms with E-state index in [1.165, 1.54) is 54.8 Å². The number of hydrogen-bond donors (Lipinski definition) is 2. The zero-order valence-corrected chi connectivity index (χ0v) is 27.6. The Labute approximate surface area is 285 Å². The van der Waals surface area contributed by atoms with Crippen LogP contribution in [0.15, 0.2) is 60.8 Å². The van der Waals surface area contributed by atoms with Gasteiger partial charge in [-0.05, 0) is 116 Å². The van der Waals surface area contributed by atoms with E-state index in [9.17, 15) is 17.4 Å². The van der Waals surface area contributed by atoms with Crippen molar-refractivity contribution in [3.8, 4) is 11.1 Å². The minimum absolute atomic E-state index is 0.150. The molecule has 1 aliphatic heterocycles. The molecule has 10 rings (SSSR count). The van der Waals surface area contributed by atoms with E-state index in [2.05, 4.69) is 20.0 Å². The summed E-state index contributed by atoms with van der Waals surface area (Å²) in [5.41, 5.74) is 4.19. The van der Waals surface area contributed by atoms with Gasteiger partial charge in [-0.25, -0.2) is 14.8 Å². The maximum atomic E-state index is 13.6. The lowest BCUT2D eigenvalue weighted by Gasteiger charge is -2.56. The number of para-hydroxylation sites is 1. The molecule has 0 radical (unpaired) electrons. The molecule has 0 saturated heterocycles. The number of carbonyl (C=O) groups is 2. The summed E-state index contributed by atoms with van der Waals surface area (Å²) in [7, 11) is 0. The minimum Gasteiger partial charge on any atom is -0.476 e. The number of rotatable bonds is 7. The third kappa shape index (κ3) is 5.08. The highest BCUT2D eigenvalue weighted by atomic mass is 32.1. The van der Waals surface area contributed by atoms with E-state index in [0.29, 0.717) is 17.1 Å². The van der Waals surface area contributed by atoms with E-state index in [-0.39, 0.29) is 34.6 Å². The summed E-state index contributed by atoms with van der Waals surface area (Å²) in [6.45, 7) is 0.969. The summed E-state index contributed by atoms with van der Waals surface area (Å²) in [4.78, 5) is 36.9. The number of benzene rings is 2. The van der Waals surface area contributed by atoms with Crippen molar-refractivity contribution in [2.45, 2.75) is 64.9 Å². The van der Waals surface area contributed by atoms with Gasteiger partial charge < -0.3 is 10.0 Å². The molecule has 2 N–H and O–H groups in total. The van der Waals surface area contributed by atoms with Crippen LogP contribution in [0.3, 0.4) is 0 Å². The van der Waals surface area contributed by atoms with Crippen LogP contribution < -0.4 is 10.2 Å². The number of hydrogen-bond acceptors (Lipinski definition) is 7. The van der Waals surface area contributed by atoms with Crippen LogP contribution in [0.4, 0.5) is 10.9 Å². The molecule has 5 aromatic rings. The van der Waals surface area contributed by atoms with Crippen LogP contribution in [0.2, 0.25) is 0 Å². The van der Waals surface area contributed by atoms with E-state index in [1.807, 2.05) is 37.3 Å². The maximum absolute atomic E-state index is 13.6. The van der Waals surface area contributed by atoms with E-state index in [0.717, 1.165) is 51.3 Å². The largest absolute Gasteiger partial charge is 0.476 e. The average molecular weight is 661 g/mol. The number of aromatic nitrogens is 4. The Morgan fingerprint density at radius 3 is 2.52 bits per heavy atom. The quantitative estimate of drug-likeness (QED) is 0.185. The van der Waals surface area contributed by atoms with Gasteiger partial charge in [0.1, 0.15) is 5.82 Å². The van der Waals surface area contributed by atoms with Crippen molar-refractivity contribution in [3.63, 3.8) is 0 Å². The first-order chi connectivity index (χ1) is 24.1. The molecule has 4 heterocycles. The number of pyridine rings is 1. The van der Waals surface area contributed by atoms with Gasteiger partial charge >= 0.3 is 5.97 Å². The van der Waals surface area contributed by atoms with Crippen LogP contribution in [-0.4, -0.2) is 43.3 Å². The molecule has 4 saturated carbocycles. The molecular weight excluding hydrogens is 621 g/mol. The van der Waals surface area contributed by atoms with Crippen LogP contribution in [0, 0.1) is 30.1 Å². The van der Waals surface area contributed by atoms with Gasteiger partial charge in [0.05, 0.1) is 19.2 Å². The number of nitrogens with one attached hydrogen (secondary N) is 1. The smallest absolute Gasteiger partial charge is 0.355 e. The number of amides is 1. The first-order valence-corrected chi connectivity index (χ1v) is 17.7. The number of carboxylic acid groups (broad SMARTS) is 1.